The molecular formula is C24H21ClO6. The first-order chi connectivity index (χ1) is 15.0. The van der Waals surface area contributed by atoms with Gasteiger partial charge in [0, 0.05) is 16.7 Å². The number of para-hydroxylation sites is 1. The fourth-order valence-corrected chi connectivity index (χ4v) is 3.04. The first-order valence-corrected chi connectivity index (χ1v) is 9.79. The number of benzene rings is 3. The third kappa shape index (κ3) is 5.55. The van der Waals surface area contributed by atoms with Gasteiger partial charge in [0.05, 0.1) is 19.8 Å². The standard InChI is InChI=1S/C24H21ClO6/c1-28-17-11-12-18(23(13-17)29-2)21(26)15-31-24(27)19-8-4-6-10-22(19)30-14-16-7-3-5-9-20(16)25/h3-13H,14-15H2,1-2H3. The Morgan fingerprint density at radius 2 is 1.58 bits per heavy atom. The first-order valence-electron chi connectivity index (χ1n) is 9.41. The first kappa shape index (κ1) is 22.2. The molecule has 3 aromatic carbocycles. The quantitative estimate of drug-likeness (QED) is 0.345. The van der Waals surface area contributed by atoms with E-state index in [4.69, 9.17) is 30.5 Å². The molecule has 0 aliphatic heterocycles. The van der Waals surface area contributed by atoms with Crippen molar-refractivity contribution in [2.45, 2.75) is 6.61 Å². The molecule has 0 aliphatic carbocycles. The summed E-state index contributed by atoms with van der Waals surface area (Å²) in [6.07, 6.45) is 0. The smallest absolute Gasteiger partial charge is 0.342 e. The van der Waals surface area contributed by atoms with Gasteiger partial charge in [-0.1, -0.05) is 41.9 Å². The zero-order valence-electron chi connectivity index (χ0n) is 17.1. The Morgan fingerprint density at radius 1 is 0.839 bits per heavy atom. The maximum atomic E-state index is 12.6. The SMILES string of the molecule is COc1ccc(C(=O)COC(=O)c2ccccc2OCc2ccccc2Cl)c(OC)c1. The molecule has 7 heteroatoms. The second-order valence-electron chi connectivity index (χ2n) is 6.44. The number of ether oxygens (including phenoxy) is 4. The van der Waals surface area contributed by atoms with Crippen LogP contribution in [0.2, 0.25) is 5.02 Å². The lowest BCUT2D eigenvalue weighted by Crippen LogP contribution is -2.16. The molecule has 0 fully saturated rings. The number of carbonyl (C=O) groups is 2. The summed E-state index contributed by atoms with van der Waals surface area (Å²) in [4.78, 5) is 25.2. The fraction of sp³-hybridized carbons (Fsp3) is 0.167. The summed E-state index contributed by atoms with van der Waals surface area (Å²) in [5.41, 5.74) is 1.29. The summed E-state index contributed by atoms with van der Waals surface area (Å²) in [7, 11) is 2.97. The van der Waals surface area contributed by atoms with E-state index in [2.05, 4.69) is 0 Å². The van der Waals surface area contributed by atoms with Gasteiger partial charge >= 0.3 is 5.97 Å². The maximum absolute atomic E-state index is 12.6. The van der Waals surface area contributed by atoms with Crippen LogP contribution in [0.15, 0.2) is 66.7 Å². The summed E-state index contributed by atoms with van der Waals surface area (Å²) < 4.78 is 21.4. The number of hydrogen-bond acceptors (Lipinski definition) is 6. The third-order valence-corrected chi connectivity index (χ3v) is 4.86. The average molecular weight is 441 g/mol. The molecule has 6 nitrogen and oxygen atoms in total. The summed E-state index contributed by atoms with van der Waals surface area (Å²) in [5.74, 6) is 0.152. The van der Waals surface area contributed by atoms with E-state index in [1.165, 1.54) is 14.2 Å². The largest absolute Gasteiger partial charge is 0.497 e. The molecule has 160 valence electrons. The molecule has 3 aromatic rings. The maximum Gasteiger partial charge on any atom is 0.342 e. The van der Waals surface area contributed by atoms with Crippen LogP contribution in [-0.2, 0) is 11.3 Å². The zero-order chi connectivity index (χ0) is 22.2. The van der Waals surface area contributed by atoms with Gasteiger partial charge in [0.15, 0.2) is 6.61 Å². The Balaban J connectivity index is 1.67. The highest BCUT2D eigenvalue weighted by Gasteiger charge is 2.19. The van der Waals surface area contributed by atoms with E-state index in [1.807, 2.05) is 18.2 Å². The van der Waals surface area contributed by atoms with Crippen molar-refractivity contribution >= 4 is 23.4 Å². The Hall–Kier alpha value is -3.51. The minimum Gasteiger partial charge on any atom is -0.497 e. The van der Waals surface area contributed by atoms with Gasteiger partial charge in [-0.05, 0) is 30.3 Å². The molecule has 0 radical (unpaired) electrons. The van der Waals surface area contributed by atoms with Crippen molar-refractivity contribution in [3.05, 3.63) is 88.4 Å². The molecule has 31 heavy (non-hydrogen) atoms. The molecule has 0 atom stereocenters. The lowest BCUT2D eigenvalue weighted by atomic mass is 10.1. The van der Waals surface area contributed by atoms with Crippen LogP contribution in [0.4, 0.5) is 0 Å². The Labute approximate surface area is 185 Å². The lowest BCUT2D eigenvalue weighted by molar-refractivity contribution is 0.0469. The second kappa shape index (κ2) is 10.5. The van der Waals surface area contributed by atoms with Crippen molar-refractivity contribution in [3.8, 4) is 17.2 Å². The molecule has 0 N–H and O–H groups in total. The molecule has 0 saturated heterocycles. The zero-order valence-corrected chi connectivity index (χ0v) is 17.8. The van der Waals surface area contributed by atoms with Crippen molar-refractivity contribution in [2.24, 2.45) is 0 Å². The summed E-state index contributed by atoms with van der Waals surface area (Å²) in [6, 6.07) is 18.7. The molecule has 0 amide bonds. The van der Waals surface area contributed by atoms with Gasteiger partial charge in [-0.25, -0.2) is 4.79 Å². The van der Waals surface area contributed by atoms with Crippen molar-refractivity contribution in [3.63, 3.8) is 0 Å². The Morgan fingerprint density at radius 3 is 2.32 bits per heavy atom. The average Bonchev–Trinajstić information content (AvgIpc) is 2.81. The van der Waals surface area contributed by atoms with Gasteiger partial charge in [-0.2, -0.15) is 0 Å². The monoisotopic (exact) mass is 440 g/mol. The topological polar surface area (TPSA) is 71.1 Å². The normalized spacial score (nSPS) is 10.3. The molecule has 0 heterocycles. The molecule has 0 bridgehead atoms. The molecular weight excluding hydrogens is 420 g/mol. The van der Waals surface area contributed by atoms with E-state index >= 15 is 0 Å². The number of rotatable bonds is 9. The van der Waals surface area contributed by atoms with Crippen LogP contribution < -0.4 is 14.2 Å². The van der Waals surface area contributed by atoms with Crippen LogP contribution in [0.1, 0.15) is 26.3 Å². The minimum atomic E-state index is -0.671. The van der Waals surface area contributed by atoms with Gasteiger partial charge in [0.25, 0.3) is 0 Å². The number of ketones is 1. The molecule has 0 aromatic heterocycles. The van der Waals surface area contributed by atoms with E-state index in [1.54, 1.807) is 48.5 Å². The highest BCUT2D eigenvalue weighted by Crippen LogP contribution is 2.26. The van der Waals surface area contributed by atoms with Gasteiger partial charge < -0.3 is 18.9 Å². The van der Waals surface area contributed by atoms with Crippen LogP contribution in [-0.4, -0.2) is 32.6 Å². The molecule has 3 rings (SSSR count). The van der Waals surface area contributed by atoms with Crippen LogP contribution >= 0.6 is 11.6 Å². The number of esters is 1. The van der Waals surface area contributed by atoms with Crippen molar-refractivity contribution in [1.82, 2.24) is 0 Å². The number of hydrogen-bond donors (Lipinski definition) is 0. The summed E-state index contributed by atoms with van der Waals surface area (Å²) in [5, 5.41) is 0.571. The van der Waals surface area contributed by atoms with Crippen LogP contribution in [0.25, 0.3) is 0 Å². The van der Waals surface area contributed by atoms with Gasteiger partial charge in [-0.3, -0.25) is 4.79 Å². The fourth-order valence-electron chi connectivity index (χ4n) is 2.85. The van der Waals surface area contributed by atoms with E-state index in [-0.39, 0.29) is 12.2 Å². The Bertz CT molecular complexity index is 1080. The third-order valence-electron chi connectivity index (χ3n) is 4.49. The van der Waals surface area contributed by atoms with E-state index in [9.17, 15) is 9.59 Å². The van der Waals surface area contributed by atoms with Crippen molar-refractivity contribution in [1.29, 1.82) is 0 Å². The predicted molar refractivity (Wildman–Crippen MR) is 116 cm³/mol. The minimum absolute atomic E-state index is 0.186. The number of methoxy groups -OCH3 is 2. The number of carbonyl (C=O) groups excluding carboxylic acids is 2. The van der Waals surface area contributed by atoms with Gasteiger partial charge in [0.1, 0.15) is 29.4 Å². The van der Waals surface area contributed by atoms with E-state index < -0.39 is 18.4 Å². The van der Waals surface area contributed by atoms with Crippen molar-refractivity contribution < 1.29 is 28.5 Å². The summed E-state index contributed by atoms with van der Waals surface area (Å²) in [6.45, 7) is -0.258. The number of halogens is 1. The molecule has 0 spiro atoms. The Kier molecular flexibility index (Phi) is 7.51. The van der Waals surface area contributed by atoms with E-state index in [0.717, 1.165) is 5.56 Å². The lowest BCUT2D eigenvalue weighted by Gasteiger charge is -2.12. The molecule has 0 aliphatic rings. The number of Topliss-reactive ketones (excluding diaryl/α,β-unsaturated/α-hetero) is 1. The highest BCUT2D eigenvalue weighted by molar-refractivity contribution is 6.31. The second-order valence-corrected chi connectivity index (χ2v) is 6.85. The molecule has 0 unspecified atom stereocenters. The van der Waals surface area contributed by atoms with Gasteiger partial charge in [0.2, 0.25) is 5.78 Å². The van der Waals surface area contributed by atoms with E-state index in [0.29, 0.717) is 27.8 Å². The highest BCUT2D eigenvalue weighted by atomic mass is 35.5. The molecule has 0 saturated carbocycles. The van der Waals surface area contributed by atoms with Crippen LogP contribution in [0.5, 0.6) is 17.2 Å². The van der Waals surface area contributed by atoms with Crippen LogP contribution in [0, 0.1) is 0 Å². The van der Waals surface area contributed by atoms with Crippen molar-refractivity contribution in [2.75, 3.05) is 20.8 Å². The van der Waals surface area contributed by atoms with Gasteiger partial charge in [-0.15, -0.1) is 0 Å². The van der Waals surface area contributed by atoms with Crippen LogP contribution in [0.3, 0.4) is 0 Å². The predicted octanol–water partition coefficient (Wildman–Crippen LogP) is 4.98. The summed E-state index contributed by atoms with van der Waals surface area (Å²) >= 11 is 6.15.